The van der Waals surface area contributed by atoms with E-state index in [1.807, 2.05) is 30.3 Å². The summed E-state index contributed by atoms with van der Waals surface area (Å²) in [6.45, 7) is 0. The summed E-state index contributed by atoms with van der Waals surface area (Å²) in [4.78, 5) is 1.13. The summed E-state index contributed by atoms with van der Waals surface area (Å²) in [6.07, 6.45) is -0.350. The Morgan fingerprint density at radius 1 is 1.21 bits per heavy atom. The smallest absolute Gasteiger partial charge is 0.185 e. The number of halogens is 2. The SMILES string of the molecule is COC(OC)c1cc(Br)sc1Sc1ccc(Cl)cc1. The summed E-state index contributed by atoms with van der Waals surface area (Å²) in [6, 6.07) is 9.80. The van der Waals surface area contributed by atoms with E-state index in [0.717, 1.165) is 23.5 Å². The molecule has 2 nitrogen and oxygen atoms in total. The standard InChI is InChI=1S/C13H12BrClO2S2/c1-16-12(17-2)10-7-11(14)19-13(10)18-9-5-3-8(15)4-6-9/h3-7,12H,1-2H3. The van der Waals surface area contributed by atoms with Crippen LogP contribution in [0.2, 0.25) is 5.02 Å². The van der Waals surface area contributed by atoms with E-state index in [-0.39, 0.29) is 6.29 Å². The third-order valence-corrected chi connectivity index (χ3v) is 5.53. The van der Waals surface area contributed by atoms with Gasteiger partial charge in [-0.3, -0.25) is 0 Å². The molecule has 0 saturated carbocycles. The van der Waals surface area contributed by atoms with E-state index in [9.17, 15) is 0 Å². The molecule has 0 unspecified atom stereocenters. The van der Waals surface area contributed by atoms with Crippen LogP contribution in [-0.2, 0) is 9.47 Å². The van der Waals surface area contributed by atoms with Crippen molar-refractivity contribution in [3.8, 4) is 0 Å². The molecule has 102 valence electrons. The van der Waals surface area contributed by atoms with Gasteiger partial charge in [0.25, 0.3) is 0 Å². The molecule has 0 spiro atoms. The van der Waals surface area contributed by atoms with Gasteiger partial charge >= 0.3 is 0 Å². The van der Waals surface area contributed by atoms with Crippen molar-refractivity contribution in [2.24, 2.45) is 0 Å². The third kappa shape index (κ3) is 3.97. The van der Waals surface area contributed by atoms with Gasteiger partial charge in [0, 0.05) is 29.7 Å². The molecule has 0 aliphatic rings. The van der Waals surface area contributed by atoms with Crippen molar-refractivity contribution in [2.45, 2.75) is 15.4 Å². The fourth-order valence-corrected chi connectivity index (χ4v) is 4.86. The van der Waals surface area contributed by atoms with E-state index in [1.54, 1.807) is 37.3 Å². The first kappa shape index (κ1) is 15.4. The van der Waals surface area contributed by atoms with E-state index in [2.05, 4.69) is 15.9 Å². The fourth-order valence-electron chi connectivity index (χ4n) is 1.56. The molecule has 0 bridgehead atoms. The molecule has 0 saturated heterocycles. The average molecular weight is 380 g/mol. The maximum atomic E-state index is 5.89. The van der Waals surface area contributed by atoms with Crippen molar-refractivity contribution in [1.82, 2.24) is 0 Å². The van der Waals surface area contributed by atoms with Gasteiger partial charge in [-0.1, -0.05) is 23.4 Å². The topological polar surface area (TPSA) is 18.5 Å². The van der Waals surface area contributed by atoms with Gasteiger partial charge in [0.2, 0.25) is 0 Å². The van der Waals surface area contributed by atoms with Crippen molar-refractivity contribution < 1.29 is 9.47 Å². The van der Waals surface area contributed by atoms with Gasteiger partial charge in [-0.15, -0.1) is 11.3 Å². The van der Waals surface area contributed by atoms with Crippen LogP contribution in [-0.4, -0.2) is 14.2 Å². The second kappa shape index (κ2) is 7.11. The largest absolute Gasteiger partial charge is 0.352 e. The minimum atomic E-state index is -0.350. The lowest BCUT2D eigenvalue weighted by Gasteiger charge is -2.13. The summed E-state index contributed by atoms with van der Waals surface area (Å²) in [5, 5.41) is 0.739. The van der Waals surface area contributed by atoms with Crippen LogP contribution in [0.15, 0.2) is 43.2 Å². The van der Waals surface area contributed by atoms with E-state index in [0.29, 0.717) is 0 Å². The van der Waals surface area contributed by atoms with E-state index in [4.69, 9.17) is 21.1 Å². The minimum absolute atomic E-state index is 0.350. The van der Waals surface area contributed by atoms with Crippen molar-refractivity contribution in [1.29, 1.82) is 0 Å². The predicted molar refractivity (Wildman–Crippen MR) is 84.4 cm³/mol. The van der Waals surface area contributed by atoms with Crippen LogP contribution < -0.4 is 0 Å². The quantitative estimate of drug-likeness (QED) is 0.629. The molecule has 0 radical (unpaired) electrons. The Morgan fingerprint density at radius 3 is 2.42 bits per heavy atom. The Morgan fingerprint density at radius 2 is 1.84 bits per heavy atom. The average Bonchev–Trinajstić information content (AvgIpc) is 2.75. The molecule has 0 fully saturated rings. The Kier molecular flexibility index (Phi) is 5.74. The summed E-state index contributed by atoms with van der Waals surface area (Å²) in [7, 11) is 3.27. The highest BCUT2D eigenvalue weighted by Crippen LogP contribution is 2.42. The van der Waals surface area contributed by atoms with Gasteiger partial charge in [-0.05, 0) is 46.3 Å². The van der Waals surface area contributed by atoms with Gasteiger partial charge in [-0.25, -0.2) is 0 Å². The number of rotatable bonds is 5. The number of hydrogen-bond donors (Lipinski definition) is 0. The van der Waals surface area contributed by atoms with Gasteiger partial charge in [0.05, 0.1) is 8.00 Å². The Hall–Kier alpha value is -0.0400. The summed E-state index contributed by atoms with van der Waals surface area (Å²) >= 11 is 12.7. The van der Waals surface area contributed by atoms with Crippen LogP contribution in [0.3, 0.4) is 0 Å². The van der Waals surface area contributed by atoms with Crippen molar-refractivity contribution in [2.75, 3.05) is 14.2 Å². The zero-order valence-corrected chi connectivity index (χ0v) is 14.3. The molecule has 0 amide bonds. The predicted octanol–water partition coefficient (Wildman–Crippen LogP) is 5.61. The molecule has 6 heteroatoms. The maximum Gasteiger partial charge on any atom is 0.185 e. The number of methoxy groups -OCH3 is 2. The molecule has 1 aromatic heterocycles. The molecule has 1 aromatic carbocycles. The minimum Gasteiger partial charge on any atom is -0.352 e. The summed E-state index contributed by atoms with van der Waals surface area (Å²) < 4.78 is 12.8. The van der Waals surface area contributed by atoms with E-state index < -0.39 is 0 Å². The highest BCUT2D eigenvalue weighted by molar-refractivity contribution is 9.11. The van der Waals surface area contributed by atoms with Crippen LogP contribution >= 0.6 is 50.6 Å². The molecule has 19 heavy (non-hydrogen) atoms. The van der Waals surface area contributed by atoms with Gasteiger partial charge in [-0.2, -0.15) is 0 Å². The lowest BCUT2D eigenvalue weighted by atomic mass is 10.3. The van der Waals surface area contributed by atoms with Gasteiger partial charge in [0.15, 0.2) is 6.29 Å². The third-order valence-electron chi connectivity index (χ3n) is 2.40. The molecule has 0 aliphatic carbocycles. The molecule has 2 rings (SSSR count). The number of benzene rings is 1. The number of hydrogen-bond acceptors (Lipinski definition) is 4. The molecule has 0 N–H and O–H groups in total. The van der Waals surface area contributed by atoms with Gasteiger partial charge in [0.1, 0.15) is 0 Å². The first-order valence-electron chi connectivity index (χ1n) is 5.42. The zero-order chi connectivity index (χ0) is 13.8. The van der Waals surface area contributed by atoms with Crippen molar-refractivity contribution in [3.63, 3.8) is 0 Å². The summed E-state index contributed by atoms with van der Waals surface area (Å²) in [5.41, 5.74) is 1.03. The molecule has 2 aromatic rings. The number of ether oxygens (including phenoxy) is 2. The summed E-state index contributed by atoms with van der Waals surface area (Å²) in [5.74, 6) is 0. The second-order valence-electron chi connectivity index (χ2n) is 3.65. The normalized spacial score (nSPS) is 11.2. The molecular formula is C13H12BrClO2S2. The van der Waals surface area contributed by atoms with E-state index in [1.165, 1.54) is 0 Å². The van der Waals surface area contributed by atoms with Crippen molar-refractivity contribution in [3.05, 3.63) is 44.7 Å². The molecule has 0 aliphatic heterocycles. The molecule has 0 atom stereocenters. The second-order valence-corrected chi connectivity index (χ2v) is 7.86. The van der Waals surface area contributed by atoms with E-state index >= 15 is 0 Å². The highest BCUT2D eigenvalue weighted by Gasteiger charge is 2.18. The first-order valence-corrected chi connectivity index (χ1v) is 8.22. The Bertz CT molecular complexity index is 538. The van der Waals surface area contributed by atoms with Crippen LogP contribution in [0.4, 0.5) is 0 Å². The lowest BCUT2D eigenvalue weighted by molar-refractivity contribution is -0.107. The van der Waals surface area contributed by atoms with Crippen LogP contribution in [0, 0.1) is 0 Å². The van der Waals surface area contributed by atoms with Crippen LogP contribution in [0.1, 0.15) is 11.9 Å². The van der Waals surface area contributed by atoms with Crippen molar-refractivity contribution >= 4 is 50.6 Å². The zero-order valence-electron chi connectivity index (χ0n) is 10.4. The molecular weight excluding hydrogens is 368 g/mol. The Balaban J connectivity index is 2.26. The fraction of sp³-hybridized carbons (Fsp3) is 0.231. The van der Waals surface area contributed by atoms with Gasteiger partial charge < -0.3 is 9.47 Å². The maximum absolute atomic E-state index is 5.89. The first-order chi connectivity index (χ1) is 9.13. The monoisotopic (exact) mass is 378 g/mol. The lowest BCUT2D eigenvalue weighted by Crippen LogP contribution is -2.02. The molecule has 1 heterocycles. The van der Waals surface area contributed by atoms with Crippen LogP contribution in [0.25, 0.3) is 0 Å². The Labute approximate surface area is 134 Å². The highest BCUT2D eigenvalue weighted by atomic mass is 79.9. The number of thiophene rings is 1. The van der Waals surface area contributed by atoms with Crippen LogP contribution in [0.5, 0.6) is 0 Å².